The molecule has 146 valence electrons. The maximum Gasteiger partial charge on any atom is 0.213 e. The highest BCUT2D eigenvalue weighted by atomic mass is 19.1. The Bertz CT molecular complexity index is 946. The van der Waals surface area contributed by atoms with E-state index in [2.05, 4.69) is 16.0 Å². The van der Waals surface area contributed by atoms with Crippen LogP contribution >= 0.6 is 0 Å². The fraction of sp³-hybridized carbons (Fsp3) is 0.348. The topological polar surface area (TPSA) is 45.6 Å². The van der Waals surface area contributed by atoms with Gasteiger partial charge in [0, 0.05) is 24.5 Å². The van der Waals surface area contributed by atoms with E-state index in [0.29, 0.717) is 18.0 Å². The van der Waals surface area contributed by atoms with Gasteiger partial charge >= 0.3 is 0 Å². The fourth-order valence-corrected chi connectivity index (χ4v) is 3.83. The minimum absolute atomic E-state index is 0.168. The molecule has 2 heterocycles. The Morgan fingerprint density at radius 1 is 1.07 bits per heavy atom. The summed E-state index contributed by atoms with van der Waals surface area (Å²) in [6.45, 7) is 3.04. The molecule has 4 nitrogen and oxygen atoms in total. The molecule has 0 atom stereocenters. The maximum atomic E-state index is 13.2. The first-order valence-electron chi connectivity index (χ1n) is 9.84. The van der Waals surface area contributed by atoms with E-state index >= 15 is 0 Å². The predicted octanol–water partition coefficient (Wildman–Crippen LogP) is 4.63. The van der Waals surface area contributed by atoms with Crippen LogP contribution in [-0.4, -0.2) is 34.7 Å². The van der Waals surface area contributed by atoms with Gasteiger partial charge in [0.2, 0.25) is 5.88 Å². The van der Waals surface area contributed by atoms with Crippen LogP contribution in [0, 0.1) is 0 Å². The van der Waals surface area contributed by atoms with Crippen molar-refractivity contribution in [3.8, 4) is 11.6 Å². The highest BCUT2D eigenvalue weighted by Gasteiger charge is 2.18. The Hall–Kier alpha value is -2.66. The number of hydrogen-bond acceptors (Lipinski definition) is 4. The molecule has 28 heavy (non-hydrogen) atoms. The Morgan fingerprint density at radius 2 is 1.96 bits per heavy atom. The van der Waals surface area contributed by atoms with Crippen molar-refractivity contribution >= 4 is 10.9 Å². The smallest absolute Gasteiger partial charge is 0.213 e. The standard InChI is InChI=1S/C23H25FN2O2/c24-15-19-7-3-5-17-11-13-26(16-20(17)19)12-1-2-14-28-22-10-9-18-6-4-8-21(27)23(18)25-22/h3-10,27H,1-2,11-16H2. The lowest BCUT2D eigenvalue weighted by molar-refractivity contribution is 0.232. The van der Waals surface area contributed by atoms with Gasteiger partial charge in [-0.2, -0.15) is 0 Å². The molecule has 0 aliphatic carbocycles. The van der Waals surface area contributed by atoms with Gasteiger partial charge in [-0.3, -0.25) is 4.90 Å². The normalized spacial score (nSPS) is 14.2. The van der Waals surface area contributed by atoms with Crippen molar-refractivity contribution in [2.24, 2.45) is 0 Å². The second-order valence-corrected chi connectivity index (χ2v) is 7.27. The van der Waals surface area contributed by atoms with Crippen molar-refractivity contribution in [2.75, 3.05) is 19.7 Å². The molecule has 0 radical (unpaired) electrons. The van der Waals surface area contributed by atoms with E-state index in [1.807, 2.05) is 30.3 Å². The third-order valence-electron chi connectivity index (χ3n) is 5.39. The van der Waals surface area contributed by atoms with Crippen LogP contribution in [0.3, 0.4) is 0 Å². The van der Waals surface area contributed by atoms with Gasteiger partial charge < -0.3 is 9.84 Å². The van der Waals surface area contributed by atoms with E-state index in [0.717, 1.165) is 49.8 Å². The zero-order valence-electron chi connectivity index (χ0n) is 15.9. The van der Waals surface area contributed by atoms with E-state index in [1.165, 1.54) is 11.1 Å². The number of unbranched alkanes of at least 4 members (excludes halogenated alkanes) is 1. The number of aromatic hydroxyl groups is 1. The second-order valence-electron chi connectivity index (χ2n) is 7.27. The molecule has 1 aromatic heterocycles. The Kier molecular flexibility index (Phi) is 5.72. The number of benzene rings is 2. The zero-order valence-corrected chi connectivity index (χ0v) is 15.9. The molecule has 4 rings (SSSR count). The number of nitrogens with zero attached hydrogens (tertiary/aromatic N) is 2. The molecule has 0 saturated carbocycles. The van der Waals surface area contributed by atoms with E-state index in [1.54, 1.807) is 12.1 Å². The molecule has 0 amide bonds. The van der Waals surface area contributed by atoms with Crippen LogP contribution in [0.25, 0.3) is 10.9 Å². The highest BCUT2D eigenvalue weighted by Crippen LogP contribution is 2.25. The van der Waals surface area contributed by atoms with Gasteiger partial charge in [0.1, 0.15) is 17.9 Å². The number of phenolic OH excluding ortho intramolecular Hbond substituents is 1. The Labute approximate surface area is 164 Å². The van der Waals surface area contributed by atoms with E-state index < -0.39 is 0 Å². The van der Waals surface area contributed by atoms with Gasteiger partial charge in [-0.15, -0.1) is 0 Å². The largest absolute Gasteiger partial charge is 0.506 e. The summed E-state index contributed by atoms with van der Waals surface area (Å²) in [5.74, 6) is 0.703. The summed E-state index contributed by atoms with van der Waals surface area (Å²) in [7, 11) is 0. The monoisotopic (exact) mass is 380 g/mol. The van der Waals surface area contributed by atoms with Crippen molar-refractivity contribution in [2.45, 2.75) is 32.5 Å². The number of aromatic nitrogens is 1. The second kappa shape index (κ2) is 8.57. The number of ether oxygens (including phenoxy) is 1. The number of rotatable bonds is 7. The minimum atomic E-state index is -0.390. The maximum absolute atomic E-state index is 13.2. The van der Waals surface area contributed by atoms with Gasteiger partial charge in [0.05, 0.1) is 6.61 Å². The first kappa shape index (κ1) is 18.7. The number of fused-ring (bicyclic) bond motifs is 2. The number of hydrogen-bond donors (Lipinski definition) is 1. The van der Waals surface area contributed by atoms with Crippen LogP contribution < -0.4 is 4.74 Å². The molecular formula is C23H25FN2O2. The fourth-order valence-electron chi connectivity index (χ4n) is 3.83. The molecule has 5 heteroatoms. The molecule has 2 aromatic carbocycles. The Morgan fingerprint density at radius 3 is 2.86 bits per heavy atom. The van der Waals surface area contributed by atoms with Crippen LogP contribution in [0.1, 0.15) is 29.5 Å². The van der Waals surface area contributed by atoms with Crippen LogP contribution in [0.5, 0.6) is 11.6 Å². The van der Waals surface area contributed by atoms with Crippen molar-refractivity contribution in [1.29, 1.82) is 0 Å². The highest BCUT2D eigenvalue weighted by molar-refractivity contribution is 5.84. The first-order valence-corrected chi connectivity index (χ1v) is 9.84. The summed E-state index contributed by atoms with van der Waals surface area (Å²) in [4.78, 5) is 6.78. The zero-order chi connectivity index (χ0) is 19.3. The Balaban J connectivity index is 1.25. The average Bonchev–Trinajstić information content (AvgIpc) is 2.73. The van der Waals surface area contributed by atoms with E-state index in [4.69, 9.17) is 4.74 Å². The van der Waals surface area contributed by atoms with E-state index in [-0.39, 0.29) is 12.4 Å². The van der Waals surface area contributed by atoms with Gasteiger partial charge in [-0.1, -0.05) is 30.3 Å². The van der Waals surface area contributed by atoms with Crippen molar-refractivity contribution in [3.63, 3.8) is 0 Å². The minimum Gasteiger partial charge on any atom is -0.506 e. The van der Waals surface area contributed by atoms with Gasteiger partial charge in [0.25, 0.3) is 0 Å². The quantitative estimate of drug-likeness (QED) is 0.607. The van der Waals surface area contributed by atoms with Crippen molar-refractivity contribution < 1.29 is 14.2 Å². The van der Waals surface area contributed by atoms with Gasteiger partial charge in [-0.25, -0.2) is 9.37 Å². The summed E-state index contributed by atoms with van der Waals surface area (Å²) in [5.41, 5.74) is 3.86. The molecule has 0 bridgehead atoms. The molecule has 0 spiro atoms. The lowest BCUT2D eigenvalue weighted by Gasteiger charge is -2.30. The summed E-state index contributed by atoms with van der Waals surface area (Å²) in [6, 6.07) is 15.1. The lowest BCUT2D eigenvalue weighted by atomic mass is 9.95. The average molecular weight is 380 g/mol. The molecule has 0 saturated heterocycles. The van der Waals surface area contributed by atoms with Crippen LogP contribution in [-0.2, 0) is 19.6 Å². The first-order chi connectivity index (χ1) is 13.7. The van der Waals surface area contributed by atoms with Crippen molar-refractivity contribution in [1.82, 2.24) is 9.88 Å². The molecule has 3 aromatic rings. The predicted molar refractivity (Wildman–Crippen MR) is 108 cm³/mol. The third kappa shape index (κ3) is 4.09. The molecular weight excluding hydrogens is 355 g/mol. The lowest BCUT2D eigenvalue weighted by Crippen LogP contribution is -2.32. The summed E-state index contributed by atoms with van der Waals surface area (Å²) in [5, 5.41) is 10.8. The van der Waals surface area contributed by atoms with Crippen molar-refractivity contribution in [3.05, 3.63) is 65.2 Å². The molecule has 1 aliphatic heterocycles. The van der Waals surface area contributed by atoms with Crippen LogP contribution in [0.2, 0.25) is 0 Å². The third-order valence-corrected chi connectivity index (χ3v) is 5.39. The number of halogens is 1. The van der Waals surface area contributed by atoms with Gasteiger partial charge in [-0.05, 0) is 54.6 Å². The number of alkyl halides is 1. The summed E-state index contributed by atoms with van der Waals surface area (Å²) < 4.78 is 19.0. The number of para-hydroxylation sites is 1. The molecule has 0 unspecified atom stereocenters. The molecule has 1 aliphatic rings. The van der Waals surface area contributed by atoms with Crippen LogP contribution in [0.4, 0.5) is 4.39 Å². The summed E-state index contributed by atoms with van der Waals surface area (Å²) in [6.07, 6.45) is 2.94. The molecule has 1 N–H and O–H groups in total. The van der Waals surface area contributed by atoms with Crippen LogP contribution in [0.15, 0.2) is 48.5 Å². The number of pyridine rings is 1. The number of phenols is 1. The summed E-state index contributed by atoms with van der Waals surface area (Å²) >= 11 is 0. The SMILES string of the molecule is Oc1cccc2ccc(OCCCCN3CCc4cccc(CF)c4C3)nc12. The van der Waals surface area contributed by atoms with Gasteiger partial charge in [0.15, 0.2) is 0 Å². The van der Waals surface area contributed by atoms with E-state index in [9.17, 15) is 9.50 Å². The molecule has 0 fully saturated rings.